The Hall–Kier alpha value is -2.84. The molecule has 43 heavy (non-hydrogen) atoms. The van der Waals surface area contributed by atoms with Crippen molar-refractivity contribution in [2.24, 2.45) is 28.6 Å². The minimum absolute atomic E-state index is 0.0206. The van der Waals surface area contributed by atoms with Crippen LogP contribution in [0.25, 0.3) is 0 Å². The summed E-state index contributed by atoms with van der Waals surface area (Å²) in [6.45, 7) is 10.4. The van der Waals surface area contributed by atoms with Crippen molar-refractivity contribution in [2.75, 3.05) is 13.7 Å². The molecule has 238 valence electrons. The van der Waals surface area contributed by atoms with Gasteiger partial charge in [0, 0.05) is 18.7 Å². The van der Waals surface area contributed by atoms with Crippen molar-refractivity contribution in [3.8, 4) is 11.5 Å². The van der Waals surface area contributed by atoms with Gasteiger partial charge in [-0.3, -0.25) is 14.4 Å². The quantitative estimate of drug-likeness (QED) is 0.340. The standard InChI is InChI=1S/C34H49FN2O6/c1-32(2,3)43-31(40)34(5)14-10-22(11-15-34)42-26-17-23(25(41-6)18-24(26)35)29(38)37-28-21-9-8-20(16-21)27(28)30(39)36-19-33(4)12-7-13-33/h17-18,20-22,27-28H,7-16,19H2,1-6H3,(H,36,39)(H,37,38)/t20-,21+,22-,27+,28-,34+/m0/s1. The molecule has 0 radical (unpaired) electrons. The molecule has 2 N–H and O–H groups in total. The fourth-order valence-electron chi connectivity index (χ4n) is 7.58. The molecule has 0 saturated heterocycles. The van der Waals surface area contributed by atoms with Gasteiger partial charge in [0.25, 0.3) is 5.91 Å². The Morgan fingerprint density at radius 3 is 2.26 bits per heavy atom. The maximum Gasteiger partial charge on any atom is 0.312 e. The van der Waals surface area contributed by atoms with Gasteiger partial charge in [0.1, 0.15) is 11.4 Å². The van der Waals surface area contributed by atoms with Gasteiger partial charge in [-0.15, -0.1) is 0 Å². The van der Waals surface area contributed by atoms with Gasteiger partial charge in [-0.1, -0.05) is 13.3 Å². The Morgan fingerprint density at radius 1 is 0.977 bits per heavy atom. The number of nitrogens with one attached hydrogen (secondary N) is 2. The van der Waals surface area contributed by atoms with Crippen LogP contribution in [0.15, 0.2) is 12.1 Å². The fraction of sp³-hybridized carbons (Fsp3) is 0.735. The molecule has 8 nitrogen and oxygen atoms in total. The predicted molar refractivity (Wildman–Crippen MR) is 160 cm³/mol. The van der Waals surface area contributed by atoms with Crippen LogP contribution in [0, 0.1) is 34.4 Å². The number of halogens is 1. The highest BCUT2D eigenvalue weighted by atomic mass is 19.1. The molecule has 2 bridgehead atoms. The molecule has 5 rings (SSSR count). The fourth-order valence-corrected chi connectivity index (χ4v) is 7.58. The van der Waals surface area contributed by atoms with Crippen LogP contribution in [0.3, 0.4) is 0 Å². The lowest BCUT2D eigenvalue weighted by molar-refractivity contribution is -0.169. The maximum atomic E-state index is 15.1. The molecule has 4 aliphatic rings. The average molecular weight is 601 g/mol. The molecule has 0 spiro atoms. The highest BCUT2D eigenvalue weighted by Crippen LogP contribution is 2.49. The van der Waals surface area contributed by atoms with Crippen molar-refractivity contribution in [3.63, 3.8) is 0 Å². The second-order valence-corrected chi connectivity index (χ2v) is 15.1. The molecule has 4 fully saturated rings. The van der Waals surface area contributed by atoms with Gasteiger partial charge in [0.15, 0.2) is 11.6 Å². The van der Waals surface area contributed by atoms with Gasteiger partial charge in [-0.05, 0) is 109 Å². The Labute approximate surface area is 255 Å². The number of ether oxygens (including phenoxy) is 3. The van der Waals surface area contributed by atoms with E-state index in [1.54, 1.807) is 0 Å². The number of carbonyl (C=O) groups excluding carboxylic acids is 3. The largest absolute Gasteiger partial charge is 0.496 e. The maximum absolute atomic E-state index is 15.1. The highest BCUT2D eigenvalue weighted by molar-refractivity contribution is 5.98. The van der Waals surface area contributed by atoms with Crippen molar-refractivity contribution < 1.29 is 33.0 Å². The molecule has 1 aromatic carbocycles. The average Bonchev–Trinajstić information content (AvgIpc) is 3.54. The summed E-state index contributed by atoms with van der Waals surface area (Å²) in [7, 11) is 1.40. The summed E-state index contributed by atoms with van der Waals surface area (Å²) in [6.07, 6.45) is 8.31. The second kappa shape index (κ2) is 11.9. The molecule has 4 atom stereocenters. The third kappa shape index (κ3) is 6.80. The number of carbonyl (C=O) groups is 3. The molecule has 9 heteroatoms. The van der Waals surface area contributed by atoms with E-state index in [4.69, 9.17) is 14.2 Å². The third-order valence-corrected chi connectivity index (χ3v) is 10.5. The van der Waals surface area contributed by atoms with Crippen molar-refractivity contribution in [1.29, 1.82) is 0 Å². The van der Waals surface area contributed by atoms with Gasteiger partial charge in [-0.2, -0.15) is 0 Å². The van der Waals surface area contributed by atoms with Crippen LogP contribution in [0.1, 0.15) is 109 Å². The van der Waals surface area contributed by atoms with Crippen molar-refractivity contribution in [2.45, 2.75) is 117 Å². The molecule has 0 aromatic heterocycles. The van der Waals surface area contributed by atoms with E-state index in [0.717, 1.165) is 32.1 Å². The van der Waals surface area contributed by atoms with Crippen LogP contribution >= 0.6 is 0 Å². The summed E-state index contributed by atoms with van der Waals surface area (Å²) < 4.78 is 32.3. The molecule has 0 unspecified atom stereocenters. The lowest BCUT2D eigenvalue weighted by Crippen LogP contribution is -2.51. The van der Waals surface area contributed by atoms with Crippen molar-refractivity contribution in [1.82, 2.24) is 10.6 Å². The van der Waals surface area contributed by atoms with E-state index in [0.29, 0.717) is 32.2 Å². The van der Waals surface area contributed by atoms with Crippen molar-refractivity contribution >= 4 is 17.8 Å². The SMILES string of the molecule is COc1cc(F)c(O[C@H]2CC[C@@](C)(C(=O)OC(C)(C)C)CC2)cc1C(=O)N[C@H]1[C@@H]2CC[C@@H](C2)[C@H]1C(=O)NCC1(C)CCC1. The summed E-state index contributed by atoms with van der Waals surface area (Å²) in [4.78, 5) is 39.8. The van der Waals surface area contributed by atoms with Crippen LogP contribution in [0.4, 0.5) is 4.39 Å². The predicted octanol–water partition coefficient (Wildman–Crippen LogP) is 5.95. The van der Waals surface area contributed by atoms with Crippen LogP contribution in [-0.4, -0.2) is 49.2 Å². The number of hydrogen-bond donors (Lipinski definition) is 2. The van der Waals surface area contributed by atoms with Gasteiger partial charge in [0.05, 0.1) is 30.1 Å². The molecular formula is C34H49FN2O6. The van der Waals surface area contributed by atoms with Gasteiger partial charge < -0.3 is 24.8 Å². The number of fused-ring (bicyclic) bond motifs is 2. The van der Waals surface area contributed by atoms with E-state index in [2.05, 4.69) is 17.6 Å². The van der Waals surface area contributed by atoms with Gasteiger partial charge in [-0.25, -0.2) is 4.39 Å². The Bertz CT molecular complexity index is 1230. The van der Waals surface area contributed by atoms with E-state index < -0.39 is 22.7 Å². The minimum atomic E-state index is -0.615. The first-order valence-electron chi connectivity index (χ1n) is 16.1. The highest BCUT2D eigenvalue weighted by Gasteiger charge is 2.52. The molecule has 0 aliphatic heterocycles. The number of amides is 2. The molecule has 4 saturated carbocycles. The van der Waals surface area contributed by atoms with E-state index >= 15 is 4.39 Å². The Morgan fingerprint density at radius 2 is 1.65 bits per heavy atom. The monoisotopic (exact) mass is 600 g/mol. The zero-order chi connectivity index (χ0) is 31.2. The van der Waals surface area contributed by atoms with E-state index in [1.807, 2.05) is 27.7 Å². The minimum Gasteiger partial charge on any atom is -0.496 e. The summed E-state index contributed by atoms with van der Waals surface area (Å²) in [5, 5.41) is 6.33. The Balaban J connectivity index is 1.25. The van der Waals surface area contributed by atoms with Crippen LogP contribution in [0.2, 0.25) is 0 Å². The second-order valence-electron chi connectivity index (χ2n) is 15.1. The molecule has 0 heterocycles. The number of esters is 1. The van der Waals surface area contributed by atoms with E-state index in [9.17, 15) is 14.4 Å². The van der Waals surface area contributed by atoms with E-state index in [-0.39, 0.29) is 64.3 Å². The van der Waals surface area contributed by atoms with Crippen LogP contribution in [-0.2, 0) is 14.3 Å². The normalized spacial score (nSPS) is 31.1. The number of rotatable bonds is 9. The van der Waals surface area contributed by atoms with Gasteiger partial charge in [0.2, 0.25) is 5.91 Å². The summed E-state index contributed by atoms with van der Waals surface area (Å²) in [6, 6.07) is 2.32. The lowest BCUT2D eigenvalue weighted by atomic mass is 9.70. The molecule has 1 aromatic rings. The van der Waals surface area contributed by atoms with Crippen LogP contribution < -0.4 is 20.1 Å². The topological polar surface area (TPSA) is 103 Å². The zero-order valence-electron chi connectivity index (χ0n) is 26.6. The first-order valence-corrected chi connectivity index (χ1v) is 16.1. The third-order valence-electron chi connectivity index (χ3n) is 10.5. The smallest absolute Gasteiger partial charge is 0.312 e. The molecular weight excluding hydrogens is 551 g/mol. The number of hydrogen-bond acceptors (Lipinski definition) is 6. The number of methoxy groups -OCH3 is 1. The Kier molecular flexibility index (Phi) is 8.76. The van der Waals surface area contributed by atoms with Crippen LogP contribution in [0.5, 0.6) is 11.5 Å². The van der Waals surface area contributed by atoms with Crippen molar-refractivity contribution in [3.05, 3.63) is 23.5 Å². The summed E-state index contributed by atoms with van der Waals surface area (Å²) in [5.41, 5.74) is -0.823. The summed E-state index contributed by atoms with van der Waals surface area (Å²) in [5.74, 6) is -0.883. The first-order chi connectivity index (χ1) is 20.2. The molecule has 4 aliphatic carbocycles. The zero-order valence-corrected chi connectivity index (χ0v) is 26.6. The summed E-state index contributed by atoms with van der Waals surface area (Å²) >= 11 is 0. The van der Waals surface area contributed by atoms with E-state index in [1.165, 1.54) is 25.7 Å². The first kappa shape index (κ1) is 31.6. The lowest BCUT2D eigenvalue weighted by Gasteiger charge is -2.39. The van der Waals surface area contributed by atoms with Gasteiger partial charge >= 0.3 is 5.97 Å². The number of benzene rings is 1. The molecule has 2 amide bonds.